The molecule has 2 N–H and O–H groups in total. The molecule has 1 rings (SSSR count). The molecule has 0 radical (unpaired) electrons. The summed E-state index contributed by atoms with van der Waals surface area (Å²) in [6, 6.07) is 4.56. The SMILES string of the molecule is CCOc1ccc(NCC(O)CCl)cc1F. The van der Waals surface area contributed by atoms with Gasteiger partial charge < -0.3 is 15.2 Å². The largest absolute Gasteiger partial charge is 0.491 e. The quantitative estimate of drug-likeness (QED) is 0.758. The third-order valence-corrected chi connectivity index (χ3v) is 2.31. The second-order valence-corrected chi connectivity index (χ2v) is 3.58. The van der Waals surface area contributed by atoms with Gasteiger partial charge in [0.2, 0.25) is 0 Å². The van der Waals surface area contributed by atoms with E-state index >= 15 is 0 Å². The normalized spacial score (nSPS) is 12.2. The van der Waals surface area contributed by atoms with Crippen LogP contribution < -0.4 is 10.1 Å². The lowest BCUT2D eigenvalue weighted by Gasteiger charge is -2.11. The summed E-state index contributed by atoms with van der Waals surface area (Å²) in [5, 5.41) is 12.1. The van der Waals surface area contributed by atoms with E-state index in [2.05, 4.69) is 5.32 Å². The first-order valence-electron chi connectivity index (χ1n) is 5.07. The van der Waals surface area contributed by atoms with E-state index in [4.69, 9.17) is 16.3 Å². The summed E-state index contributed by atoms with van der Waals surface area (Å²) in [6.45, 7) is 2.51. The highest BCUT2D eigenvalue weighted by Gasteiger charge is 2.05. The van der Waals surface area contributed by atoms with Crippen molar-refractivity contribution in [3.05, 3.63) is 24.0 Å². The molecule has 0 aliphatic heterocycles. The van der Waals surface area contributed by atoms with Gasteiger partial charge in [-0.3, -0.25) is 0 Å². The van der Waals surface area contributed by atoms with Gasteiger partial charge in [-0.15, -0.1) is 11.6 Å². The van der Waals surface area contributed by atoms with E-state index in [1.54, 1.807) is 19.1 Å². The number of aliphatic hydroxyl groups is 1. The summed E-state index contributed by atoms with van der Waals surface area (Å²) in [6.07, 6.45) is -0.642. The number of benzene rings is 1. The number of rotatable bonds is 6. The molecule has 0 fully saturated rings. The molecule has 0 heterocycles. The molecule has 1 unspecified atom stereocenters. The molecule has 0 saturated heterocycles. The third kappa shape index (κ3) is 3.87. The lowest BCUT2D eigenvalue weighted by Crippen LogP contribution is -2.20. The average Bonchev–Trinajstić information content (AvgIpc) is 2.29. The number of aliphatic hydroxyl groups excluding tert-OH is 1. The maximum atomic E-state index is 13.4. The van der Waals surface area contributed by atoms with Crippen LogP contribution in [0, 0.1) is 5.82 Å². The number of hydrogen-bond donors (Lipinski definition) is 2. The van der Waals surface area contributed by atoms with E-state index in [1.165, 1.54) is 6.07 Å². The molecule has 1 aromatic carbocycles. The number of halogens is 2. The lowest BCUT2D eigenvalue weighted by atomic mass is 10.2. The summed E-state index contributed by atoms with van der Waals surface area (Å²) in [5.41, 5.74) is 0.588. The maximum absolute atomic E-state index is 13.4. The predicted molar refractivity (Wildman–Crippen MR) is 62.8 cm³/mol. The smallest absolute Gasteiger partial charge is 0.167 e. The van der Waals surface area contributed by atoms with Gasteiger partial charge in [-0.1, -0.05) is 0 Å². The molecule has 1 atom stereocenters. The zero-order valence-electron chi connectivity index (χ0n) is 9.04. The van der Waals surface area contributed by atoms with Crippen molar-refractivity contribution < 1.29 is 14.2 Å². The fourth-order valence-corrected chi connectivity index (χ4v) is 1.28. The Labute approximate surface area is 99.2 Å². The Morgan fingerprint density at radius 3 is 2.88 bits per heavy atom. The topological polar surface area (TPSA) is 41.5 Å². The molecular formula is C11H15ClFNO2. The first-order chi connectivity index (χ1) is 7.67. The number of ether oxygens (including phenoxy) is 1. The van der Waals surface area contributed by atoms with E-state index < -0.39 is 11.9 Å². The average molecular weight is 248 g/mol. The Kier molecular flexibility index (Phi) is 5.35. The van der Waals surface area contributed by atoms with Crippen molar-refractivity contribution in [3.63, 3.8) is 0 Å². The minimum atomic E-state index is -0.642. The maximum Gasteiger partial charge on any atom is 0.167 e. The molecule has 0 aromatic heterocycles. The third-order valence-electron chi connectivity index (χ3n) is 1.95. The Hall–Kier alpha value is -1.00. The monoisotopic (exact) mass is 247 g/mol. The first kappa shape index (κ1) is 13.1. The van der Waals surface area contributed by atoms with E-state index in [0.29, 0.717) is 12.3 Å². The van der Waals surface area contributed by atoms with Crippen molar-refractivity contribution in [2.24, 2.45) is 0 Å². The highest BCUT2D eigenvalue weighted by atomic mass is 35.5. The van der Waals surface area contributed by atoms with Crippen LogP contribution in [-0.4, -0.2) is 30.2 Å². The van der Waals surface area contributed by atoms with Gasteiger partial charge in [0.25, 0.3) is 0 Å². The van der Waals surface area contributed by atoms with Crippen LogP contribution in [-0.2, 0) is 0 Å². The zero-order valence-corrected chi connectivity index (χ0v) is 9.80. The molecule has 0 bridgehead atoms. The Morgan fingerprint density at radius 1 is 1.56 bits per heavy atom. The first-order valence-corrected chi connectivity index (χ1v) is 5.61. The van der Waals surface area contributed by atoms with E-state index in [0.717, 1.165) is 0 Å². The van der Waals surface area contributed by atoms with Crippen LogP contribution in [0.25, 0.3) is 0 Å². The molecule has 0 spiro atoms. The minimum Gasteiger partial charge on any atom is -0.491 e. The van der Waals surface area contributed by atoms with Crippen molar-refractivity contribution in [3.8, 4) is 5.75 Å². The van der Waals surface area contributed by atoms with Gasteiger partial charge in [-0.05, 0) is 19.1 Å². The lowest BCUT2D eigenvalue weighted by molar-refractivity contribution is 0.211. The highest BCUT2D eigenvalue weighted by molar-refractivity contribution is 6.18. The van der Waals surface area contributed by atoms with Crippen molar-refractivity contribution >= 4 is 17.3 Å². The molecule has 0 saturated carbocycles. The zero-order chi connectivity index (χ0) is 12.0. The van der Waals surface area contributed by atoms with Crippen LogP contribution in [0.1, 0.15) is 6.92 Å². The van der Waals surface area contributed by atoms with Crippen LogP contribution in [0.2, 0.25) is 0 Å². The summed E-state index contributed by atoms with van der Waals surface area (Å²) in [5.74, 6) is -0.0508. The van der Waals surface area contributed by atoms with E-state index in [9.17, 15) is 9.50 Å². The van der Waals surface area contributed by atoms with E-state index in [1.807, 2.05) is 0 Å². The van der Waals surface area contributed by atoms with Crippen LogP contribution in [0.4, 0.5) is 10.1 Å². The van der Waals surface area contributed by atoms with Crippen LogP contribution in [0.5, 0.6) is 5.75 Å². The van der Waals surface area contributed by atoms with Gasteiger partial charge in [-0.2, -0.15) is 0 Å². The molecular weight excluding hydrogens is 233 g/mol. The molecule has 0 aliphatic rings. The number of alkyl halides is 1. The van der Waals surface area contributed by atoms with Crippen LogP contribution in [0.15, 0.2) is 18.2 Å². The number of anilines is 1. The summed E-state index contributed by atoms with van der Waals surface area (Å²) in [4.78, 5) is 0. The van der Waals surface area contributed by atoms with Crippen molar-refractivity contribution in [2.75, 3.05) is 24.3 Å². The number of nitrogens with one attached hydrogen (secondary N) is 1. The summed E-state index contributed by atoms with van der Waals surface area (Å²) >= 11 is 5.43. The van der Waals surface area contributed by atoms with Gasteiger partial charge in [0, 0.05) is 18.3 Å². The fraction of sp³-hybridized carbons (Fsp3) is 0.455. The Morgan fingerprint density at radius 2 is 2.31 bits per heavy atom. The molecule has 1 aromatic rings. The summed E-state index contributed by atoms with van der Waals surface area (Å²) < 4.78 is 18.5. The van der Waals surface area contributed by atoms with Crippen molar-refractivity contribution in [1.29, 1.82) is 0 Å². The highest BCUT2D eigenvalue weighted by Crippen LogP contribution is 2.21. The molecule has 5 heteroatoms. The van der Waals surface area contributed by atoms with Crippen molar-refractivity contribution in [2.45, 2.75) is 13.0 Å². The van der Waals surface area contributed by atoms with E-state index in [-0.39, 0.29) is 18.2 Å². The fourth-order valence-electron chi connectivity index (χ4n) is 1.17. The Bertz CT molecular complexity index is 336. The van der Waals surface area contributed by atoms with Gasteiger partial charge in [0.05, 0.1) is 18.6 Å². The van der Waals surface area contributed by atoms with Crippen LogP contribution >= 0.6 is 11.6 Å². The van der Waals surface area contributed by atoms with Crippen molar-refractivity contribution in [1.82, 2.24) is 0 Å². The van der Waals surface area contributed by atoms with Gasteiger partial charge in [0.15, 0.2) is 11.6 Å². The molecule has 0 aliphatic carbocycles. The predicted octanol–water partition coefficient (Wildman–Crippen LogP) is 2.24. The summed E-state index contributed by atoms with van der Waals surface area (Å²) in [7, 11) is 0. The van der Waals surface area contributed by atoms with Gasteiger partial charge >= 0.3 is 0 Å². The molecule has 0 amide bonds. The molecule has 16 heavy (non-hydrogen) atoms. The molecule has 90 valence electrons. The standard InChI is InChI=1S/C11H15ClFNO2/c1-2-16-11-4-3-8(5-10(11)13)14-7-9(15)6-12/h3-5,9,14-15H,2,6-7H2,1H3. The van der Waals surface area contributed by atoms with Crippen LogP contribution in [0.3, 0.4) is 0 Å². The number of hydrogen-bond acceptors (Lipinski definition) is 3. The Balaban J connectivity index is 2.59. The minimum absolute atomic E-state index is 0.145. The molecule has 3 nitrogen and oxygen atoms in total. The van der Waals surface area contributed by atoms with Gasteiger partial charge in [0.1, 0.15) is 0 Å². The van der Waals surface area contributed by atoms with Gasteiger partial charge in [-0.25, -0.2) is 4.39 Å². The second kappa shape index (κ2) is 6.55. The second-order valence-electron chi connectivity index (χ2n) is 3.27.